The topological polar surface area (TPSA) is 67.4 Å². The van der Waals surface area contributed by atoms with Gasteiger partial charge in [-0.15, -0.1) is 11.8 Å². The summed E-state index contributed by atoms with van der Waals surface area (Å²) in [6.45, 7) is 2.61. The number of carbonyl (C=O) groups is 2. The average Bonchev–Trinajstić information content (AvgIpc) is 2.67. The fourth-order valence-electron chi connectivity index (χ4n) is 2.56. The normalized spacial score (nSPS) is 13.7. The Bertz CT molecular complexity index is 881. The number of hydrogen-bond donors (Lipinski definition) is 2. The highest BCUT2D eigenvalue weighted by Crippen LogP contribution is 2.26. The van der Waals surface area contributed by atoms with Crippen LogP contribution in [0.1, 0.15) is 22.8 Å². The second-order valence-electron chi connectivity index (χ2n) is 5.93. The highest BCUT2D eigenvalue weighted by molar-refractivity contribution is 8.04. The van der Waals surface area contributed by atoms with Crippen molar-refractivity contribution in [2.75, 3.05) is 17.7 Å². The lowest BCUT2D eigenvalue weighted by Gasteiger charge is -2.17. The molecule has 0 aromatic heterocycles. The van der Waals surface area contributed by atoms with Gasteiger partial charge < -0.3 is 15.4 Å². The maximum atomic E-state index is 13.2. The molecule has 1 heterocycles. The molecule has 140 valence electrons. The largest absolute Gasteiger partial charge is 0.496 e. The third kappa shape index (κ3) is 5.10. The van der Waals surface area contributed by atoms with Gasteiger partial charge in [0, 0.05) is 23.5 Å². The molecule has 0 saturated heterocycles. The molecule has 3 rings (SSSR count). The number of carbonyl (C=O) groups excluding carboxylic acids is 2. The molecular formula is C20H19FN2O3S. The van der Waals surface area contributed by atoms with E-state index in [9.17, 15) is 14.0 Å². The summed E-state index contributed by atoms with van der Waals surface area (Å²) in [6, 6.07) is 12.7. The van der Waals surface area contributed by atoms with Gasteiger partial charge in [0.05, 0.1) is 6.61 Å². The van der Waals surface area contributed by atoms with Crippen LogP contribution in [0.3, 0.4) is 0 Å². The zero-order valence-corrected chi connectivity index (χ0v) is 15.6. The Hall–Kier alpha value is -2.80. The summed E-state index contributed by atoms with van der Waals surface area (Å²) in [5.41, 5.74) is 1.73. The Morgan fingerprint density at radius 3 is 2.63 bits per heavy atom. The van der Waals surface area contributed by atoms with E-state index in [1.54, 1.807) is 43.3 Å². The minimum absolute atomic E-state index is 0.222. The van der Waals surface area contributed by atoms with Crippen molar-refractivity contribution in [1.82, 2.24) is 5.32 Å². The van der Waals surface area contributed by atoms with Gasteiger partial charge in [-0.3, -0.25) is 9.59 Å². The van der Waals surface area contributed by atoms with Crippen LogP contribution in [0, 0.1) is 5.82 Å². The summed E-state index contributed by atoms with van der Waals surface area (Å²) in [5, 5.41) is 5.54. The van der Waals surface area contributed by atoms with Crippen molar-refractivity contribution < 1.29 is 18.7 Å². The quantitative estimate of drug-likeness (QED) is 0.823. The van der Waals surface area contributed by atoms with E-state index in [2.05, 4.69) is 10.6 Å². The molecule has 2 N–H and O–H groups in total. The highest BCUT2D eigenvalue weighted by Gasteiger charge is 2.18. The second-order valence-corrected chi connectivity index (χ2v) is 7.03. The minimum atomic E-state index is -0.339. The van der Waals surface area contributed by atoms with Crippen LogP contribution in [-0.2, 0) is 16.1 Å². The predicted octanol–water partition coefficient (Wildman–Crippen LogP) is 3.69. The molecule has 0 fully saturated rings. The number of thioether (sulfide) groups is 1. The lowest BCUT2D eigenvalue weighted by atomic mass is 10.1. The van der Waals surface area contributed by atoms with Gasteiger partial charge in [-0.2, -0.15) is 0 Å². The number of anilines is 1. The molecule has 0 unspecified atom stereocenters. The second kappa shape index (κ2) is 8.73. The van der Waals surface area contributed by atoms with Gasteiger partial charge in [0.2, 0.25) is 0 Å². The maximum Gasteiger partial charge on any atom is 0.265 e. The molecule has 27 heavy (non-hydrogen) atoms. The van der Waals surface area contributed by atoms with E-state index in [0.29, 0.717) is 34.1 Å². The lowest BCUT2D eigenvalue weighted by molar-refractivity contribution is -0.112. The summed E-state index contributed by atoms with van der Waals surface area (Å²) < 4.78 is 18.6. The number of allylic oxidation sites excluding steroid dienone is 1. The summed E-state index contributed by atoms with van der Waals surface area (Å²) in [7, 11) is 0. The van der Waals surface area contributed by atoms with E-state index in [1.165, 1.54) is 23.9 Å². The maximum absolute atomic E-state index is 13.2. The summed E-state index contributed by atoms with van der Waals surface area (Å²) in [4.78, 5) is 25.1. The molecule has 7 heteroatoms. The summed E-state index contributed by atoms with van der Waals surface area (Å²) in [6.07, 6.45) is 0. The van der Waals surface area contributed by atoms with E-state index < -0.39 is 0 Å². The van der Waals surface area contributed by atoms with Crippen molar-refractivity contribution in [3.63, 3.8) is 0 Å². The lowest BCUT2D eigenvalue weighted by Crippen LogP contribution is -2.23. The molecule has 1 aliphatic heterocycles. The van der Waals surface area contributed by atoms with Crippen LogP contribution in [0.5, 0.6) is 0 Å². The number of rotatable bonds is 5. The van der Waals surface area contributed by atoms with Crippen LogP contribution in [0.25, 0.3) is 0 Å². The van der Waals surface area contributed by atoms with Gasteiger partial charge in [0.25, 0.3) is 11.8 Å². The molecular weight excluding hydrogens is 367 g/mol. The Morgan fingerprint density at radius 1 is 1.15 bits per heavy atom. The van der Waals surface area contributed by atoms with Crippen molar-refractivity contribution >= 4 is 29.3 Å². The highest BCUT2D eigenvalue weighted by atomic mass is 32.2. The minimum Gasteiger partial charge on any atom is -0.496 e. The SMILES string of the molecule is CC1=C(C(=O)Nc2ccc(C(=O)NCc3cccc(F)c3)cc2)SCCO1. The number of halogens is 1. The summed E-state index contributed by atoms with van der Waals surface area (Å²) in [5.74, 6) is 0.531. The Labute approximate surface area is 161 Å². The molecule has 0 bridgehead atoms. The Morgan fingerprint density at radius 2 is 1.93 bits per heavy atom. The number of nitrogens with one attached hydrogen (secondary N) is 2. The third-order valence-corrected chi connectivity index (χ3v) is 5.05. The first-order chi connectivity index (χ1) is 13.0. The Kier molecular flexibility index (Phi) is 6.13. The van der Waals surface area contributed by atoms with Crippen LogP contribution in [-0.4, -0.2) is 24.2 Å². The van der Waals surface area contributed by atoms with Crippen LogP contribution in [0.2, 0.25) is 0 Å². The first-order valence-corrected chi connectivity index (χ1v) is 9.42. The van der Waals surface area contributed by atoms with Gasteiger partial charge in [-0.25, -0.2) is 4.39 Å². The molecule has 2 aromatic rings. The number of amides is 2. The molecule has 5 nitrogen and oxygen atoms in total. The first kappa shape index (κ1) is 19.0. The van der Waals surface area contributed by atoms with Crippen molar-refractivity contribution in [1.29, 1.82) is 0 Å². The molecule has 0 atom stereocenters. The molecule has 0 radical (unpaired) electrons. The van der Waals surface area contributed by atoms with Gasteiger partial charge >= 0.3 is 0 Å². The van der Waals surface area contributed by atoms with E-state index >= 15 is 0 Å². The van der Waals surface area contributed by atoms with Gasteiger partial charge in [-0.05, 0) is 48.9 Å². The van der Waals surface area contributed by atoms with E-state index in [-0.39, 0.29) is 24.2 Å². The molecule has 1 aliphatic rings. The van der Waals surface area contributed by atoms with Gasteiger partial charge in [-0.1, -0.05) is 12.1 Å². The van der Waals surface area contributed by atoms with Crippen LogP contribution in [0.4, 0.5) is 10.1 Å². The average molecular weight is 386 g/mol. The van der Waals surface area contributed by atoms with Crippen molar-refractivity contribution in [2.45, 2.75) is 13.5 Å². The van der Waals surface area contributed by atoms with Crippen molar-refractivity contribution in [2.24, 2.45) is 0 Å². The number of benzene rings is 2. The fraction of sp³-hybridized carbons (Fsp3) is 0.200. The van der Waals surface area contributed by atoms with E-state index in [4.69, 9.17) is 4.74 Å². The number of hydrogen-bond acceptors (Lipinski definition) is 4. The molecule has 2 amide bonds. The zero-order valence-electron chi connectivity index (χ0n) is 14.8. The van der Waals surface area contributed by atoms with Gasteiger partial charge in [0.1, 0.15) is 16.5 Å². The van der Waals surface area contributed by atoms with E-state index in [0.717, 1.165) is 5.75 Å². The molecule has 0 saturated carbocycles. The monoisotopic (exact) mass is 386 g/mol. The van der Waals surface area contributed by atoms with Gasteiger partial charge in [0.15, 0.2) is 0 Å². The molecule has 0 aliphatic carbocycles. The van der Waals surface area contributed by atoms with Crippen molar-refractivity contribution in [3.8, 4) is 0 Å². The predicted molar refractivity (Wildman–Crippen MR) is 104 cm³/mol. The summed E-state index contributed by atoms with van der Waals surface area (Å²) >= 11 is 1.46. The van der Waals surface area contributed by atoms with Crippen LogP contribution >= 0.6 is 11.8 Å². The first-order valence-electron chi connectivity index (χ1n) is 8.43. The van der Waals surface area contributed by atoms with Crippen molar-refractivity contribution in [3.05, 3.63) is 76.1 Å². The van der Waals surface area contributed by atoms with Crippen LogP contribution in [0.15, 0.2) is 59.2 Å². The smallest absolute Gasteiger partial charge is 0.265 e. The molecule has 0 spiro atoms. The van der Waals surface area contributed by atoms with E-state index in [1.807, 2.05) is 0 Å². The standard InChI is InChI=1S/C20H19FN2O3S/c1-13-18(27-10-9-26-13)20(25)23-17-7-5-15(6-8-17)19(24)22-12-14-3-2-4-16(21)11-14/h2-8,11H,9-10,12H2,1H3,(H,22,24)(H,23,25). The van der Waals surface area contributed by atoms with Crippen LogP contribution < -0.4 is 10.6 Å². The Balaban J connectivity index is 1.58. The number of ether oxygens (including phenoxy) is 1. The zero-order chi connectivity index (χ0) is 19.2. The fourth-order valence-corrected chi connectivity index (χ4v) is 3.37. The molecule has 2 aromatic carbocycles. The third-order valence-electron chi connectivity index (χ3n) is 3.92.